The van der Waals surface area contributed by atoms with Crippen LogP contribution in [0.4, 0.5) is 18.9 Å². The Kier molecular flexibility index (Phi) is 10.4. The van der Waals surface area contributed by atoms with E-state index >= 15 is 0 Å². The molecule has 2 bridgehead atoms. The number of sulfonamides is 1. The minimum Gasteiger partial charge on any atom is -0.497 e. The summed E-state index contributed by atoms with van der Waals surface area (Å²) in [6, 6.07) is 10.9. The van der Waals surface area contributed by atoms with Crippen LogP contribution >= 0.6 is 0 Å². The average molecular weight is 781 g/mol. The molecule has 0 atom stereocenters. The predicted molar refractivity (Wildman–Crippen MR) is 206 cm³/mol. The highest BCUT2D eigenvalue weighted by molar-refractivity contribution is 7.90. The normalized spacial score (nSPS) is 19.3. The van der Waals surface area contributed by atoms with Crippen molar-refractivity contribution in [2.24, 2.45) is 13.0 Å². The van der Waals surface area contributed by atoms with E-state index in [0.29, 0.717) is 36.6 Å². The maximum Gasteiger partial charge on any atom is 0.435 e. The number of halogens is 3. The van der Waals surface area contributed by atoms with Gasteiger partial charge in [0.25, 0.3) is 11.8 Å². The summed E-state index contributed by atoms with van der Waals surface area (Å²) in [7, 11) is 0.957. The first-order valence-electron chi connectivity index (χ1n) is 18.8. The number of rotatable bonds is 7. The Balaban J connectivity index is 1.46. The smallest absolute Gasteiger partial charge is 0.435 e. The molecule has 0 radical (unpaired) electrons. The SMILES string of the molecule is COc1ccc2c(c1)/C=C(/c1c(C(=O)N3CCN(C)CC3)c(C(F)(F)F)nn1C)CN1CC2=C(C2CCCCC2)c2ccc(C(=O)NS(=O)(=O)C(C)C)cc21. The fraction of sp³-hybridized carbons (Fsp3) is 0.475. The topological polar surface area (TPSA) is 117 Å². The first kappa shape index (κ1) is 38.6. The Morgan fingerprint density at radius 3 is 2.29 bits per heavy atom. The van der Waals surface area contributed by atoms with E-state index < -0.39 is 44.5 Å². The molecule has 2 amide bonds. The van der Waals surface area contributed by atoms with Crippen LogP contribution in [0.5, 0.6) is 5.75 Å². The molecule has 0 unspecified atom stereocenters. The lowest BCUT2D eigenvalue weighted by molar-refractivity contribution is -0.141. The second kappa shape index (κ2) is 14.8. The number of allylic oxidation sites excluding steroid dienone is 1. The van der Waals surface area contributed by atoms with Crippen LogP contribution in [0.25, 0.3) is 22.8 Å². The molecule has 0 spiro atoms. The Morgan fingerprint density at radius 2 is 1.64 bits per heavy atom. The Morgan fingerprint density at radius 1 is 0.945 bits per heavy atom. The molecule has 2 aromatic carbocycles. The molecule has 3 aliphatic heterocycles. The van der Waals surface area contributed by atoms with Crippen molar-refractivity contribution in [2.75, 3.05) is 58.3 Å². The number of likely N-dealkylation sites (N-methyl/N-ethyl adjacent to an activating group) is 1. The summed E-state index contributed by atoms with van der Waals surface area (Å²) < 4.78 is 78.8. The summed E-state index contributed by atoms with van der Waals surface area (Å²) in [5.41, 5.74) is 4.26. The van der Waals surface area contributed by atoms with E-state index in [9.17, 15) is 31.2 Å². The van der Waals surface area contributed by atoms with Crippen molar-refractivity contribution in [2.45, 2.75) is 57.4 Å². The van der Waals surface area contributed by atoms with Gasteiger partial charge in [-0.15, -0.1) is 0 Å². The molecule has 1 saturated carbocycles. The summed E-state index contributed by atoms with van der Waals surface area (Å²) in [6.45, 7) is 4.98. The molecular formula is C40H47F3N6O5S. The quantitative estimate of drug-likeness (QED) is 0.303. The number of benzene rings is 2. The van der Waals surface area contributed by atoms with Gasteiger partial charge in [0.15, 0.2) is 5.69 Å². The Hall–Kier alpha value is -4.63. The van der Waals surface area contributed by atoms with Gasteiger partial charge in [0, 0.05) is 63.1 Å². The van der Waals surface area contributed by atoms with Crippen molar-refractivity contribution < 1.29 is 35.9 Å². The number of methoxy groups -OCH3 is 1. The number of amides is 2. The molecule has 11 nitrogen and oxygen atoms in total. The van der Waals surface area contributed by atoms with Gasteiger partial charge in [0.2, 0.25) is 10.0 Å². The van der Waals surface area contributed by atoms with E-state index in [0.717, 1.165) is 64.6 Å². The third-order valence-corrected chi connectivity index (χ3v) is 13.0. The first-order valence-corrected chi connectivity index (χ1v) is 20.3. The Bertz CT molecular complexity index is 2200. The second-order valence-corrected chi connectivity index (χ2v) is 17.5. The monoisotopic (exact) mass is 780 g/mol. The molecule has 1 aliphatic carbocycles. The number of fused-ring (bicyclic) bond motifs is 6. The van der Waals surface area contributed by atoms with Crippen molar-refractivity contribution in [3.63, 3.8) is 0 Å². The van der Waals surface area contributed by atoms with Crippen molar-refractivity contribution in [3.8, 4) is 5.75 Å². The van der Waals surface area contributed by atoms with Gasteiger partial charge in [0.05, 0.1) is 23.6 Å². The van der Waals surface area contributed by atoms with Gasteiger partial charge in [-0.2, -0.15) is 18.3 Å². The molecule has 7 rings (SSSR count). The molecule has 15 heteroatoms. The second-order valence-electron chi connectivity index (χ2n) is 15.3. The number of ether oxygens (including phenoxy) is 1. The number of piperazine rings is 1. The number of nitrogens with zero attached hydrogens (tertiary/aromatic N) is 5. The molecule has 1 saturated heterocycles. The highest BCUT2D eigenvalue weighted by atomic mass is 32.2. The zero-order valence-electron chi connectivity index (χ0n) is 31.8. The van der Waals surface area contributed by atoms with E-state index in [1.54, 1.807) is 19.2 Å². The lowest BCUT2D eigenvalue weighted by Gasteiger charge is -2.40. The van der Waals surface area contributed by atoms with Crippen LogP contribution in [-0.2, 0) is 23.2 Å². The maximum absolute atomic E-state index is 14.8. The maximum atomic E-state index is 14.8. The van der Waals surface area contributed by atoms with E-state index in [1.165, 1.54) is 25.8 Å². The van der Waals surface area contributed by atoms with Crippen LogP contribution < -0.4 is 14.4 Å². The number of alkyl halides is 3. The minimum absolute atomic E-state index is 0.0500. The number of aromatic nitrogens is 2. The van der Waals surface area contributed by atoms with Crippen molar-refractivity contribution in [1.82, 2.24) is 24.3 Å². The van der Waals surface area contributed by atoms with Crippen molar-refractivity contribution >= 4 is 50.3 Å². The molecule has 4 heterocycles. The fourth-order valence-corrected chi connectivity index (χ4v) is 8.94. The van der Waals surface area contributed by atoms with E-state index in [2.05, 4.69) is 9.82 Å². The van der Waals surface area contributed by atoms with E-state index in [-0.39, 0.29) is 36.8 Å². The fourth-order valence-electron chi connectivity index (χ4n) is 8.33. The lowest BCUT2D eigenvalue weighted by atomic mass is 9.74. The van der Waals surface area contributed by atoms with Crippen LogP contribution in [-0.4, -0.2) is 98.5 Å². The summed E-state index contributed by atoms with van der Waals surface area (Å²) >= 11 is 0. The van der Waals surface area contributed by atoms with Crippen LogP contribution in [0.15, 0.2) is 36.4 Å². The van der Waals surface area contributed by atoms with Gasteiger partial charge in [-0.25, -0.2) is 13.1 Å². The largest absolute Gasteiger partial charge is 0.497 e. The number of anilines is 1. The number of aryl methyl sites for hydroxylation is 1. The number of hydrogen-bond donors (Lipinski definition) is 1. The molecule has 2 fully saturated rings. The van der Waals surface area contributed by atoms with E-state index in [4.69, 9.17) is 4.74 Å². The van der Waals surface area contributed by atoms with Gasteiger partial charge in [-0.05, 0) is 97.8 Å². The highest BCUT2D eigenvalue weighted by Gasteiger charge is 2.44. The van der Waals surface area contributed by atoms with Crippen LogP contribution in [0.2, 0.25) is 0 Å². The highest BCUT2D eigenvalue weighted by Crippen LogP contribution is 2.49. The van der Waals surface area contributed by atoms with Crippen molar-refractivity contribution in [3.05, 3.63) is 75.6 Å². The zero-order valence-corrected chi connectivity index (χ0v) is 32.6. The van der Waals surface area contributed by atoms with Gasteiger partial charge >= 0.3 is 6.18 Å². The summed E-state index contributed by atoms with van der Waals surface area (Å²) in [4.78, 5) is 33.2. The zero-order chi connectivity index (χ0) is 39.4. The Labute approximate surface area is 319 Å². The third kappa shape index (κ3) is 7.40. The lowest BCUT2D eigenvalue weighted by Crippen LogP contribution is -2.47. The molecule has 1 N–H and O–H groups in total. The minimum atomic E-state index is -4.90. The van der Waals surface area contributed by atoms with Crippen LogP contribution in [0, 0.1) is 5.92 Å². The number of carbonyl (C=O) groups excluding carboxylic acids is 2. The van der Waals surface area contributed by atoms with Gasteiger partial charge in [-0.3, -0.25) is 14.3 Å². The van der Waals surface area contributed by atoms with Gasteiger partial charge in [0.1, 0.15) is 5.75 Å². The van der Waals surface area contributed by atoms with Gasteiger partial charge < -0.3 is 19.4 Å². The molecule has 55 heavy (non-hydrogen) atoms. The first-order chi connectivity index (χ1) is 26.1. The van der Waals surface area contributed by atoms with Crippen LogP contribution in [0.1, 0.15) is 94.7 Å². The molecule has 3 aromatic rings. The summed E-state index contributed by atoms with van der Waals surface area (Å²) in [6.07, 6.45) is 2.16. The molecule has 4 aliphatic rings. The third-order valence-electron chi connectivity index (χ3n) is 11.3. The average Bonchev–Trinajstić information content (AvgIpc) is 3.51. The number of hydrogen-bond acceptors (Lipinski definition) is 8. The molecular weight excluding hydrogens is 734 g/mol. The van der Waals surface area contributed by atoms with Crippen LogP contribution in [0.3, 0.4) is 0 Å². The standard InChI is InChI=1S/C40H47F3N6O5S/c1-24(2)55(52,53)45-38(50)26-11-13-31-33(21-26)49-22-28(36-35(37(40(41,42)43)44-47(36)4)39(51)48-17-15-46(3)16-18-48)19-27-20-29(54-5)12-14-30(27)32(23-49)34(31)25-9-7-6-8-10-25/h11-14,19-21,24-25H,6-10,15-18,22-23H2,1-5H3,(H,45,50)/b28-19+. The summed E-state index contributed by atoms with van der Waals surface area (Å²) in [5.74, 6) is -0.707. The van der Waals surface area contributed by atoms with Crippen molar-refractivity contribution in [1.29, 1.82) is 0 Å². The molecule has 294 valence electrons. The summed E-state index contributed by atoms with van der Waals surface area (Å²) in [5, 5.41) is 3.11. The molecule has 1 aromatic heterocycles. The number of nitrogens with one attached hydrogen (secondary N) is 1. The van der Waals surface area contributed by atoms with Gasteiger partial charge in [-0.1, -0.05) is 31.4 Å². The van der Waals surface area contributed by atoms with E-state index in [1.807, 2.05) is 47.2 Å². The number of carbonyl (C=O) groups is 2. The predicted octanol–water partition coefficient (Wildman–Crippen LogP) is 6.17.